The van der Waals surface area contributed by atoms with Gasteiger partial charge in [-0.15, -0.1) is 0 Å². The van der Waals surface area contributed by atoms with Gasteiger partial charge in [0, 0.05) is 0 Å². The van der Waals surface area contributed by atoms with E-state index in [2.05, 4.69) is 9.97 Å². The van der Waals surface area contributed by atoms with Crippen molar-refractivity contribution >= 4 is 34.5 Å². The van der Waals surface area contributed by atoms with E-state index in [1.807, 2.05) is 6.92 Å². The van der Waals surface area contributed by atoms with Gasteiger partial charge in [0.1, 0.15) is 27.7 Å². The molecule has 1 aromatic carbocycles. The zero-order valence-electron chi connectivity index (χ0n) is 13.4. The van der Waals surface area contributed by atoms with Gasteiger partial charge in [-0.1, -0.05) is 17.7 Å². The highest BCUT2D eigenvalue weighted by molar-refractivity contribution is 6.34. The van der Waals surface area contributed by atoms with Crippen molar-refractivity contribution in [3.63, 3.8) is 0 Å². The van der Waals surface area contributed by atoms with Crippen molar-refractivity contribution < 1.29 is 9.90 Å². The molecule has 0 unspecified atom stereocenters. The Hall–Kier alpha value is -2.80. The number of aryl methyl sites for hydroxylation is 3. The van der Waals surface area contributed by atoms with E-state index in [0.29, 0.717) is 28.2 Å². The lowest BCUT2D eigenvalue weighted by Gasteiger charge is -2.14. The highest BCUT2D eigenvalue weighted by Gasteiger charge is 2.25. The summed E-state index contributed by atoms with van der Waals surface area (Å²) in [4.78, 5) is 20.8. The lowest BCUT2D eigenvalue weighted by Crippen LogP contribution is -2.14. The van der Waals surface area contributed by atoms with Crippen molar-refractivity contribution in [2.24, 2.45) is 5.73 Å². The molecule has 0 fully saturated rings. The first-order valence-corrected chi connectivity index (χ1v) is 7.55. The van der Waals surface area contributed by atoms with Crippen LogP contribution < -0.4 is 11.5 Å². The quantitative estimate of drug-likeness (QED) is 0.658. The maximum atomic E-state index is 11.9. The van der Waals surface area contributed by atoms with Gasteiger partial charge in [-0.2, -0.15) is 0 Å². The van der Waals surface area contributed by atoms with Crippen molar-refractivity contribution in [2.75, 3.05) is 5.73 Å². The number of anilines is 1. The predicted octanol–water partition coefficient (Wildman–Crippen LogP) is 2.39. The van der Waals surface area contributed by atoms with Crippen LogP contribution in [0.2, 0.25) is 5.02 Å². The molecule has 0 spiro atoms. The van der Waals surface area contributed by atoms with Gasteiger partial charge in [0.2, 0.25) is 0 Å². The number of primary amides is 1. The van der Waals surface area contributed by atoms with Crippen LogP contribution in [0.15, 0.2) is 12.1 Å². The fraction of sp³-hybridized carbons (Fsp3) is 0.188. The monoisotopic (exact) mass is 345 g/mol. The number of nitrogen functional groups attached to an aromatic ring is 1. The summed E-state index contributed by atoms with van der Waals surface area (Å²) in [5.41, 5.74) is 14.9. The molecule has 0 saturated heterocycles. The smallest absolute Gasteiger partial charge is 0.254 e. The van der Waals surface area contributed by atoms with Crippen molar-refractivity contribution in [1.29, 1.82) is 0 Å². The van der Waals surface area contributed by atoms with E-state index in [9.17, 15) is 9.90 Å². The Morgan fingerprint density at radius 3 is 2.46 bits per heavy atom. The van der Waals surface area contributed by atoms with Crippen LogP contribution in [0.3, 0.4) is 0 Å². The van der Waals surface area contributed by atoms with Gasteiger partial charge in [-0.25, -0.2) is 9.97 Å². The van der Waals surface area contributed by atoms with Gasteiger partial charge >= 0.3 is 0 Å². The van der Waals surface area contributed by atoms with E-state index in [-0.39, 0.29) is 22.2 Å². The van der Waals surface area contributed by atoms with E-state index in [1.54, 1.807) is 19.9 Å². The molecule has 0 atom stereocenters. The number of carbonyl (C=O) groups excluding carboxylic acids is 1. The number of aromatic hydroxyl groups is 1. The number of benzene rings is 1. The standard InChI is InChI=1S/C16H16ClN5O2/c1-6-4-5-9(23)11(17)13(6)22-14(18)10(15(19)24)12-16(22)21-8(3)7(2)20-12/h4-5,23H,18H2,1-3H3,(H2,19,24). The Bertz CT molecular complexity index is 1010. The van der Waals surface area contributed by atoms with Crippen molar-refractivity contribution in [3.8, 4) is 11.4 Å². The molecule has 0 radical (unpaired) electrons. The number of phenolic OH excluding ortho intramolecular Hbond substituents is 1. The first kappa shape index (κ1) is 16.1. The summed E-state index contributed by atoms with van der Waals surface area (Å²) in [7, 11) is 0. The minimum atomic E-state index is -0.706. The van der Waals surface area contributed by atoms with Crippen LogP contribution in [0, 0.1) is 20.8 Å². The first-order chi connectivity index (χ1) is 11.2. The number of nitrogens with two attached hydrogens (primary N) is 2. The Balaban J connectivity index is 2.55. The molecule has 124 valence electrons. The molecule has 24 heavy (non-hydrogen) atoms. The van der Waals surface area contributed by atoms with Crippen LogP contribution in [0.4, 0.5) is 5.82 Å². The Morgan fingerprint density at radius 2 is 1.83 bits per heavy atom. The molecule has 0 aliphatic rings. The second kappa shape index (κ2) is 5.38. The maximum Gasteiger partial charge on any atom is 0.254 e. The first-order valence-electron chi connectivity index (χ1n) is 7.17. The van der Waals surface area contributed by atoms with Crippen LogP contribution in [-0.2, 0) is 0 Å². The predicted molar refractivity (Wildman–Crippen MR) is 92.7 cm³/mol. The van der Waals surface area contributed by atoms with Gasteiger partial charge in [0.25, 0.3) is 5.91 Å². The summed E-state index contributed by atoms with van der Waals surface area (Å²) < 4.78 is 1.51. The molecular weight excluding hydrogens is 330 g/mol. The molecule has 3 rings (SSSR count). The molecule has 1 amide bonds. The fourth-order valence-corrected chi connectivity index (χ4v) is 2.95. The van der Waals surface area contributed by atoms with Gasteiger partial charge in [-0.3, -0.25) is 9.36 Å². The normalized spacial score (nSPS) is 11.2. The summed E-state index contributed by atoms with van der Waals surface area (Å²) in [5.74, 6) is -0.725. The number of fused-ring (bicyclic) bond motifs is 1. The SMILES string of the molecule is Cc1ccc(O)c(Cl)c1-n1c(N)c(C(N)=O)c2nc(C)c(C)nc21. The Labute approximate surface area is 142 Å². The van der Waals surface area contributed by atoms with Crippen LogP contribution in [0.25, 0.3) is 16.9 Å². The highest BCUT2D eigenvalue weighted by atomic mass is 35.5. The molecular formula is C16H16ClN5O2. The number of hydrogen-bond donors (Lipinski definition) is 3. The molecule has 0 saturated carbocycles. The summed E-state index contributed by atoms with van der Waals surface area (Å²) in [6.45, 7) is 5.40. The number of rotatable bonds is 2. The average Bonchev–Trinajstić information content (AvgIpc) is 2.77. The minimum absolute atomic E-state index is 0.0816. The zero-order chi connectivity index (χ0) is 17.8. The van der Waals surface area contributed by atoms with Crippen LogP contribution in [0.5, 0.6) is 5.75 Å². The van der Waals surface area contributed by atoms with Gasteiger partial charge < -0.3 is 16.6 Å². The molecule has 2 heterocycles. The van der Waals surface area contributed by atoms with Crippen LogP contribution in [-0.4, -0.2) is 25.5 Å². The van der Waals surface area contributed by atoms with E-state index in [4.69, 9.17) is 23.1 Å². The van der Waals surface area contributed by atoms with E-state index < -0.39 is 5.91 Å². The van der Waals surface area contributed by atoms with E-state index in [0.717, 1.165) is 5.56 Å². The van der Waals surface area contributed by atoms with Crippen molar-refractivity contribution in [1.82, 2.24) is 14.5 Å². The molecule has 8 heteroatoms. The number of aromatic nitrogens is 3. The number of carbonyl (C=O) groups is 1. The number of phenols is 1. The summed E-state index contributed by atoms with van der Waals surface area (Å²) in [5, 5.41) is 10.1. The third-order valence-corrected chi connectivity index (χ3v) is 4.37. The lowest BCUT2D eigenvalue weighted by molar-refractivity contribution is 0.100. The third-order valence-electron chi connectivity index (χ3n) is 4.00. The number of hydrogen-bond acceptors (Lipinski definition) is 5. The van der Waals surface area contributed by atoms with E-state index >= 15 is 0 Å². The molecule has 0 bridgehead atoms. The molecule has 3 aromatic rings. The Morgan fingerprint density at radius 1 is 1.21 bits per heavy atom. The number of nitrogens with zero attached hydrogens (tertiary/aromatic N) is 3. The maximum absolute atomic E-state index is 11.9. The number of amides is 1. The van der Waals surface area contributed by atoms with E-state index in [1.165, 1.54) is 10.6 Å². The second-order valence-corrected chi connectivity index (χ2v) is 5.97. The molecule has 7 nitrogen and oxygen atoms in total. The second-order valence-electron chi connectivity index (χ2n) is 5.59. The van der Waals surface area contributed by atoms with Crippen LogP contribution in [0.1, 0.15) is 27.3 Å². The zero-order valence-corrected chi connectivity index (χ0v) is 14.1. The number of halogens is 1. The van der Waals surface area contributed by atoms with Gasteiger partial charge in [0.05, 0.1) is 17.1 Å². The summed E-state index contributed by atoms with van der Waals surface area (Å²) >= 11 is 6.27. The Kier molecular flexibility index (Phi) is 3.60. The lowest BCUT2D eigenvalue weighted by atomic mass is 10.2. The van der Waals surface area contributed by atoms with Crippen molar-refractivity contribution in [2.45, 2.75) is 20.8 Å². The molecule has 2 aromatic heterocycles. The summed E-state index contributed by atoms with van der Waals surface area (Å²) in [6, 6.07) is 3.18. The summed E-state index contributed by atoms with van der Waals surface area (Å²) in [6.07, 6.45) is 0. The molecule has 0 aliphatic carbocycles. The minimum Gasteiger partial charge on any atom is -0.506 e. The third kappa shape index (κ3) is 2.16. The van der Waals surface area contributed by atoms with Gasteiger partial charge in [-0.05, 0) is 32.4 Å². The largest absolute Gasteiger partial charge is 0.506 e. The average molecular weight is 346 g/mol. The molecule has 0 aliphatic heterocycles. The van der Waals surface area contributed by atoms with Gasteiger partial charge in [0.15, 0.2) is 5.65 Å². The highest BCUT2D eigenvalue weighted by Crippen LogP contribution is 2.38. The molecule has 5 N–H and O–H groups in total. The fourth-order valence-electron chi connectivity index (χ4n) is 2.66. The van der Waals surface area contributed by atoms with Crippen LogP contribution >= 0.6 is 11.6 Å². The van der Waals surface area contributed by atoms with Crippen molar-refractivity contribution in [3.05, 3.63) is 39.7 Å². The topological polar surface area (TPSA) is 120 Å².